The highest BCUT2D eigenvalue weighted by Crippen LogP contribution is 2.28. The van der Waals surface area contributed by atoms with E-state index in [-0.39, 0.29) is 5.75 Å². The summed E-state index contributed by atoms with van der Waals surface area (Å²) >= 11 is 0. The third-order valence-electron chi connectivity index (χ3n) is 3.39. The maximum atomic E-state index is 11.4. The highest BCUT2D eigenvalue weighted by atomic mass is 16.4. The zero-order valence-electron chi connectivity index (χ0n) is 9.65. The standard InChI is InChI=1S/C13H17NO3/c15-11-6-2-1-5-10(11)9-13(12(16)17)7-3-4-8-14-13/h1-2,5-6,14-15H,3-4,7-9H2,(H,16,17). The summed E-state index contributed by atoms with van der Waals surface area (Å²) in [4.78, 5) is 11.4. The first-order valence-corrected chi connectivity index (χ1v) is 5.89. The number of hydrogen-bond donors (Lipinski definition) is 3. The molecule has 0 amide bonds. The Kier molecular flexibility index (Phi) is 3.33. The number of aromatic hydroxyl groups is 1. The van der Waals surface area contributed by atoms with Crippen LogP contribution in [0.5, 0.6) is 5.75 Å². The van der Waals surface area contributed by atoms with Crippen LogP contribution in [0.25, 0.3) is 0 Å². The average molecular weight is 235 g/mol. The summed E-state index contributed by atoms with van der Waals surface area (Å²) in [5.74, 6) is -0.666. The molecule has 1 unspecified atom stereocenters. The molecule has 1 aromatic rings. The van der Waals surface area contributed by atoms with E-state index in [9.17, 15) is 15.0 Å². The number of para-hydroxylation sites is 1. The lowest BCUT2D eigenvalue weighted by Crippen LogP contribution is -2.56. The molecular formula is C13H17NO3. The van der Waals surface area contributed by atoms with Crippen LogP contribution in [0.4, 0.5) is 0 Å². The molecule has 0 saturated carbocycles. The number of piperidine rings is 1. The molecule has 1 fully saturated rings. The third-order valence-corrected chi connectivity index (χ3v) is 3.39. The maximum absolute atomic E-state index is 11.4. The molecule has 2 rings (SSSR count). The minimum Gasteiger partial charge on any atom is -0.508 e. The number of aliphatic carboxylic acids is 1. The van der Waals surface area contributed by atoms with Crippen molar-refractivity contribution in [1.29, 1.82) is 0 Å². The van der Waals surface area contributed by atoms with Gasteiger partial charge in [0, 0.05) is 6.42 Å². The van der Waals surface area contributed by atoms with Crippen molar-refractivity contribution >= 4 is 5.97 Å². The van der Waals surface area contributed by atoms with Crippen molar-refractivity contribution in [3.63, 3.8) is 0 Å². The second kappa shape index (κ2) is 4.75. The first-order chi connectivity index (χ1) is 8.14. The third kappa shape index (κ3) is 2.42. The van der Waals surface area contributed by atoms with Crippen molar-refractivity contribution in [2.24, 2.45) is 0 Å². The number of phenols is 1. The molecule has 92 valence electrons. The molecule has 1 saturated heterocycles. The first-order valence-electron chi connectivity index (χ1n) is 5.89. The molecule has 0 spiro atoms. The molecule has 1 aromatic carbocycles. The number of carbonyl (C=O) groups is 1. The minimum atomic E-state index is -0.920. The van der Waals surface area contributed by atoms with Gasteiger partial charge in [-0.05, 0) is 37.4 Å². The lowest BCUT2D eigenvalue weighted by molar-refractivity contribution is -0.146. The van der Waals surface area contributed by atoms with Gasteiger partial charge < -0.3 is 15.5 Å². The molecule has 1 atom stereocenters. The van der Waals surface area contributed by atoms with Crippen molar-refractivity contribution in [2.75, 3.05) is 6.54 Å². The van der Waals surface area contributed by atoms with Gasteiger partial charge >= 0.3 is 5.97 Å². The molecule has 4 nitrogen and oxygen atoms in total. The van der Waals surface area contributed by atoms with Crippen LogP contribution in [0.3, 0.4) is 0 Å². The van der Waals surface area contributed by atoms with Gasteiger partial charge in [-0.3, -0.25) is 4.79 Å². The predicted octanol–water partition coefficient (Wildman–Crippen LogP) is 1.53. The summed E-state index contributed by atoms with van der Waals surface area (Å²) in [6.45, 7) is 0.722. The van der Waals surface area contributed by atoms with Crippen molar-refractivity contribution in [1.82, 2.24) is 5.32 Å². The monoisotopic (exact) mass is 235 g/mol. The van der Waals surface area contributed by atoms with E-state index in [1.807, 2.05) is 6.07 Å². The van der Waals surface area contributed by atoms with Gasteiger partial charge in [-0.1, -0.05) is 18.2 Å². The first kappa shape index (κ1) is 11.9. The molecule has 4 heteroatoms. The van der Waals surface area contributed by atoms with Crippen LogP contribution in [0, 0.1) is 0 Å². The van der Waals surface area contributed by atoms with E-state index in [0.717, 1.165) is 19.4 Å². The Morgan fingerprint density at radius 1 is 1.35 bits per heavy atom. The van der Waals surface area contributed by atoms with Gasteiger partial charge in [0.15, 0.2) is 0 Å². The predicted molar refractivity (Wildman–Crippen MR) is 64.0 cm³/mol. The van der Waals surface area contributed by atoms with Crippen LogP contribution in [0.15, 0.2) is 24.3 Å². The van der Waals surface area contributed by atoms with Crippen LogP contribution in [-0.2, 0) is 11.2 Å². The lowest BCUT2D eigenvalue weighted by atomic mass is 9.83. The van der Waals surface area contributed by atoms with E-state index in [1.165, 1.54) is 0 Å². The van der Waals surface area contributed by atoms with E-state index >= 15 is 0 Å². The molecule has 0 aromatic heterocycles. The van der Waals surface area contributed by atoms with Crippen LogP contribution < -0.4 is 5.32 Å². The Bertz CT molecular complexity index is 411. The largest absolute Gasteiger partial charge is 0.508 e. The average Bonchev–Trinajstić information content (AvgIpc) is 2.33. The molecule has 1 aliphatic heterocycles. The lowest BCUT2D eigenvalue weighted by Gasteiger charge is -2.34. The Hall–Kier alpha value is -1.55. The molecule has 3 N–H and O–H groups in total. The topological polar surface area (TPSA) is 69.6 Å². The Balaban J connectivity index is 2.24. The van der Waals surface area contributed by atoms with Crippen molar-refractivity contribution in [2.45, 2.75) is 31.2 Å². The fourth-order valence-corrected chi connectivity index (χ4v) is 2.36. The van der Waals surface area contributed by atoms with Gasteiger partial charge in [0.1, 0.15) is 11.3 Å². The molecule has 1 heterocycles. The second-order valence-electron chi connectivity index (χ2n) is 4.58. The zero-order chi connectivity index (χ0) is 12.3. The molecule has 1 aliphatic rings. The van der Waals surface area contributed by atoms with E-state index in [4.69, 9.17) is 0 Å². The Morgan fingerprint density at radius 3 is 2.71 bits per heavy atom. The summed E-state index contributed by atoms with van der Waals surface area (Å²) in [5, 5.41) is 22.2. The van der Waals surface area contributed by atoms with Crippen LogP contribution in [0.2, 0.25) is 0 Å². The summed E-state index contributed by atoms with van der Waals surface area (Å²) in [6, 6.07) is 6.91. The van der Waals surface area contributed by atoms with E-state index < -0.39 is 11.5 Å². The van der Waals surface area contributed by atoms with Gasteiger partial charge in [-0.2, -0.15) is 0 Å². The van der Waals surface area contributed by atoms with Crippen LogP contribution in [0.1, 0.15) is 24.8 Å². The normalized spacial score (nSPS) is 24.5. The van der Waals surface area contributed by atoms with Crippen molar-refractivity contribution in [3.8, 4) is 5.75 Å². The van der Waals surface area contributed by atoms with Crippen LogP contribution in [-0.4, -0.2) is 28.3 Å². The second-order valence-corrected chi connectivity index (χ2v) is 4.58. The number of phenolic OH excluding ortho intramolecular Hbond substituents is 1. The number of nitrogens with one attached hydrogen (secondary N) is 1. The van der Waals surface area contributed by atoms with Gasteiger partial charge in [-0.15, -0.1) is 0 Å². The summed E-state index contributed by atoms with van der Waals surface area (Å²) in [5.41, 5.74) is -0.235. The quantitative estimate of drug-likeness (QED) is 0.743. The fourth-order valence-electron chi connectivity index (χ4n) is 2.36. The van der Waals surface area contributed by atoms with Gasteiger partial charge in [-0.25, -0.2) is 0 Å². The SMILES string of the molecule is O=C(O)C1(Cc2ccccc2O)CCCCN1. The Labute approximate surface area is 100 Å². The van der Waals surface area contributed by atoms with E-state index in [2.05, 4.69) is 5.32 Å². The van der Waals surface area contributed by atoms with Gasteiger partial charge in [0.05, 0.1) is 0 Å². The van der Waals surface area contributed by atoms with E-state index in [1.54, 1.807) is 18.2 Å². The highest BCUT2D eigenvalue weighted by Gasteiger charge is 2.39. The summed E-state index contributed by atoms with van der Waals surface area (Å²) in [6.07, 6.45) is 2.86. The minimum absolute atomic E-state index is 0.167. The van der Waals surface area contributed by atoms with Crippen molar-refractivity contribution < 1.29 is 15.0 Å². The number of rotatable bonds is 3. The number of carboxylic acid groups (broad SMARTS) is 1. The summed E-state index contributed by atoms with van der Waals surface area (Å²) in [7, 11) is 0. The smallest absolute Gasteiger partial charge is 0.324 e. The van der Waals surface area contributed by atoms with Gasteiger partial charge in [0.25, 0.3) is 0 Å². The zero-order valence-corrected chi connectivity index (χ0v) is 9.65. The van der Waals surface area contributed by atoms with Crippen LogP contribution >= 0.6 is 0 Å². The highest BCUT2D eigenvalue weighted by molar-refractivity contribution is 5.79. The fraction of sp³-hybridized carbons (Fsp3) is 0.462. The maximum Gasteiger partial charge on any atom is 0.324 e. The number of carboxylic acids is 1. The molecule has 0 aliphatic carbocycles. The Morgan fingerprint density at radius 2 is 2.12 bits per heavy atom. The van der Waals surface area contributed by atoms with Gasteiger partial charge in [0.2, 0.25) is 0 Å². The summed E-state index contributed by atoms with van der Waals surface area (Å²) < 4.78 is 0. The number of hydrogen-bond acceptors (Lipinski definition) is 3. The number of benzene rings is 1. The molecule has 0 radical (unpaired) electrons. The van der Waals surface area contributed by atoms with E-state index in [0.29, 0.717) is 18.4 Å². The molecule has 17 heavy (non-hydrogen) atoms. The molecule has 0 bridgehead atoms. The van der Waals surface area contributed by atoms with Crippen molar-refractivity contribution in [3.05, 3.63) is 29.8 Å². The molecular weight excluding hydrogens is 218 g/mol.